The fourth-order valence-corrected chi connectivity index (χ4v) is 1.36. The van der Waals surface area contributed by atoms with Gasteiger partial charge in [-0.05, 0) is 28.1 Å². The number of pyridine rings is 1. The van der Waals surface area contributed by atoms with E-state index in [2.05, 4.69) is 31.4 Å². The van der Waals surface area contributed by atoms with E-state index >= 15 is 0 Å². The van der Waals surface area contributed by atoms with Crippen LogP contribution in [0.5, 0.6) is 0 Å². The van der Waals surface area contributed by atoms with Crippen molar-refractivity contribution in [3.8, 4) is 0 Å². The van der Waals surface area contributed by atoms with Crippen LogP contribution < -0.4 is 5.32 Å². The summed E-state index contributed by atoms with van der Waals surface area (Å²) in [6, 6.07) is 7.49. The highest BCUT2D eigenvalue weighted by Crippen LogP contribution is 2.10. The van der Waals surface area contributed by atoms with Crippen LogP contribution in [0.2, 0.25) is 0 Å². The maximum atomic E-state index is 4.93. The largest absolute Gasteiger partial charge is 0.363 e. The van der Waals surface area contributed by atoms with Crippen molar-refractivity contribution in [1.82, 2.24) is 10.1 Å². The SMILES string of the molecule is Brc1cccc(NCc2ccno2)n1. The number of hydrogen-bond donors (Lipinski definition) is 1. The molecule has 72 valence electrons. The predicted octanol–water partition coefficient (Wildman–Crippen LogP) is 2.44. The third-order valence-corrected chi connectivity index (χ3v) is 2.09. The molecule has 0 amide bonds. The molecule has 0 aliphatic heterocycles. The number of hydrogen-bond acceptors (Lipinski definition) is 4. The lowest BCUT2D eigenvalue weighted by Crippen LogP contribution is -1.99. The molecule has 2 heterocycles. The topological polar surface area (TPSA) is 51.0 Å². The Kier molecular flexibility index (Phi) is 2.78. The van der Waals surface area contributed by atoms with Gasteiger partial charge in [0, 0.05) is 6.07 Å². The van der Waals surface area contributed by atoms with Crippen molar-refractivity contribution in [2.24, 2.45) is 0 Å². The van der Waals surface area contributed by atoms with Crippen LogP contribution in [-0.4, -0.2) is 10.1 Å². The van der Waals surface area contributed by atoms with E-state index in [1.54, 1.807) is 6.20 Å². The average Bonchev–Trinajstić information content (AvgIpc) is 2.67. The van der Waals surface area contributed by atoms with Crippen LogP contribution >= 0.6 is 15.9 Å². The molecule has 0 bridgehead atoms. The summed E-state index contributed by atoms with van der Waals surface area (Å²) in [6.45, 7) is 0.587. The van der Waals surface area contributed by atoms with Gasteiger partial charge in [-0.2, -0.15) is 0 Å². The normalized spacial score (nSPS) is 10.1. The Balaban J connectivity index is 1.98. The van der Waals surface area contributed by atoms with E-state index in [9.17, 15) is 0 Å². The summed E-state index contributed by atoms with van der Waals surface area (Å²) in [5.41, 5.74) is 0. The van der Waals surface area contributed by atoms with Gasteiger partial charge in [0.05, 0.1) is 12.7 Å². The average molecular weight is 254 g/mol. The van der Waals surface area contributed by atoms with Gasteiger partial charge < -0.3 is 9.84 Å². The number of aromatic nitrogens is 2. The van der Waals surface area contributed by atoms with Crippen LogP contribution in [0, 0.1) is 0 Å². The van der Waals surface area contributed by atoms with Gasteiger partial charge in [-0.15, -0.1) is 0 Å². The third kappa shape index (κ3) is 2.32. The summed E-state index contributed by atoms with van der Waals surface area (Å²) in [5.74, 6) is 1.59. The Morgan fingerprint density at radius 3 is 3.00 bits per heavy atom. The smallest absolute Gasteiger partial charge is 0.155 e. The molecule has 2 rings (SSSR count). The minimum Gasteiger partial charge on any atom is -0.363 e. The molecule has 5 heteroatoms. The predicted molar refractivity (Wildman–Crippen MR) is 55.8 cm³/mol. The number of halogens is 1. The van der Waals surface area contributed by atoms with Gasteiger partial charge in [0.1, 0.15) is 10.4 Å². The molecule has 0 spiro atoms. The standard InChI is InChI=1S/C9H8BrN3O/c10-8-2-1-3-9(13-8)11-6-7-4-5-12-14-7/h1-5H,6H2,(H,11,13). The summed E-state index contributed by atoms with van der Waals surface area (Å²) in [6.07, 6.45) is 1.62. The van der Waals surface area contributed by atoms with Crippen molar-refractivity contribution < 1.29 is 4.52 Å². The summed E-state index contributed by atoms with van der Waals surface area (Å²) in [5, 5.41) is 6.72. The lowest BCUT2D eigenvalue weighted by molar-refractivity contribution is 0.388. The molecule has 0 aliphatic carbocycles. The van der Waals surface area contributed by atoms with Crippen LogP contribution in [0.3, 0.4) is 0 Å². The van der Waals surface area contributed by atoms with E-state index < -0.39 is 0 Å². The van der Waals surface area contributed by atoms with Gasteiger partial charge in [0.2, 0.25) is 0 Å². The molecule has 14 heavy (non-hydrogen) atoms. The molecule has 0 aromatic carbocycles. The van der Waals surface area contributed by atoms with Gasteiger partial charge in [-0.25, -0.2) is 4.98 Å². The van der Waals surface area contributed by atoms with Crippen LogP contribution in [0.1, 0.15) is 5.76 Å². The monoisotopic (exact) mass is 253 g/mol. The molecule has 0 saturated carbocycles. The molecule has 0 unspecified atom stereocenters. The third-order valence-electron chi connectivity index (χ3n) is 1.65. The molecule has 0 aliphatic rings. The van der Waals surface area contributed by atoms with Gasteiger partial charge in [-0.1, -0.05) is 11.2 Å². The minimum absolute atomic E-state index is 0.587. The number of rotatable bonds is 3. The summed E-state index contributed by atoms with van der Waals surface area (Å²) in [4.78, 5) is 4.22. The number of nitrogens with one attached hydrogen (secondary N) is 1. The van der Waals surface area contributed by atoms with Crippen molar-refractivity contribution in [2.45, 2.75) is 6.54 Å². The van der Waals surface area contributed by atoms with Crippen molar-refractivity contribution in [3.05, 3.63) is 40.8 Å². The van der Waals surface area contributed by atoms with Crippen LogP contribution in [0.15, 0.2) is 39.6 Å². The zero-order valence-electron chi connectivity index (χ0n) is 7.27. The molecule has 4 nitrogen and oxygen atoms in total. The maximum Gasteiger partial charge on any atom is 0.155 e. The molecule has 2 aromatic rings. The summed E-state index contributed by atoms with van der Waals surface area (Å²) in [7, 11) is 0. The highest BCUT2D eigenvalue weighted by atomic mass is 79.9. The van der Waals surface area contributed by atoms with Crippen molar-refractivity contribution >= 4 is 21.7 Å². The van der Waals surface area contributed by atoms with Crippen LogP contribution in [0.4, 0.5) is 5.82 Å². The van der Waals surface area contributed by atoms with Crippen LogP contribution in [-0.2, 0) is 6.54 Å². The van der Waals surface area contributed by atoms with Gasteiger partial charge >= 0.3 is 0 Å². The van der Waals surface area contributed by atoms with Gasteiger partial charge in [-0.3, -0.25) is 0 Å². The molecule has 0 atom stereocenters. The first kappa shape index (κ1) is 9.21. The Hall–Kier alpha value is -1.36. The van der Waals surface area contributed by atoms with E-state index in [1.807, 2.05) is 24.3 Å². The summed E-state index contributed by atoms with van der Waals surface area (Å²) >= 11 is 3.29. The maximum absolute atomic E-state index is 4.93. The lowest BCUT2D eigenvalue weighted by atomic mass is 10.4. The molecular formula is C9H8BrN3O. The quantitative estimate of drug-likeness (QED) is 0.854. The van der Waals surface area contributed by atoms with Gasteiger partial charge in [0.25, 0.3) is 0 Å². The first-order valence-electron chi connectivity index (χ1n) is 4.10. The number of anilines is 1. The molecule has 0 radical (unpaired) electrons. The first-order chi connectivity index (χ1) is 6.84. The van der Waals surface area contributed by atoms with Gasteiger partial charge in [0.15, 0.2) is 5.76 Å². The Bertz CT molecular complexity index is 402. The second kappa shape index (κ2) is 4.23. The highest BCUT2D eigenvalue weighted by Gasteiger charge is 1.98. The zero-order valence-corrected chi connectivity index (χ0v) is 8.86. The molecule has 2 aromatic heterocycles. The molecule has 0 fully saturated rings. The number of nitrogens with zero attached hydrogens (tertiary/aromatic N) is 2. The minimum atomic E-state index is 0.587. The van der Waals surface area contributed by atoms with Crippen molar-refractivity contribution in [2.75, 3.05) is 5.32 Å². The fourth-order valence-electron chi connectivity index (χ4n) is 1.02. The first-order valence-corrected chi connectivity index (χ1v) is 4.90. The fraction of sp³-hybridized carbons (Fsp3) is 0.111. The summed E-state index contributed by atoms with van der Waals surface area (Å²) < 4.78 is 5.74. The van der Waals surface area contributed by atoms with E-state index in [-0.39, 0.29) is 0 Å². The van der Waals surface area contributed by atoms with E-state index in [0.717, 1.165) is 16.2 Å². The van der Waals surface area contributed by atoms with E-state index in [0.29, 0.717) is 6.54 Å². The van der Waals surface area contributed by atoms with E-state index in [1.165, 1.54) is 0 Å². The Morgan fingerprint density at radius 2 is 2.29 bits per heavy atom. The molecular weight excluding hydrogens is 246 g/mol. The second-order valence-electron chi connectivity index (χ2n) is 2.68. The van der Waals surface area contributed by atoms with E-state index in [4.69, 9.17) is 4.52 Å². The van der Waals surface area contributed by atoms with Crippen molar-refractivity contribution in [1.29, 1.82) is 0 Å². The molecule has 1 N–H and O–H groups in total. The lowest BCUT2D eigenvalue weighted by Gasteiger charge is -2.02. The van der Waals surface area contributed by atoms with Crippen molar-refractivity contribution in [3.63, 3.8) is 0 Å². The van der Waals surface area contributed by atoms with Crippen LogP contribution in [0.25, 0.3) is 0 Å². The Morgan fingerprint density at radius 1 is 1.36 bits per heavy atom. The Labute approximate surface area is 89.5 Å². The molecule has 0 saturated heterocycles. The highest BCUT2D eigenvalue weighted by molar-refractivity contribution is 9.10. The second-order valence-corrected chi connectivity index (χ2v) is 3.49. The zero-order chi connectivity index (χ0) is 9.80.